The van der Waals surface area contributed by atoms with Crippen molar-refractivity contribution >= 4 is 17.9 Å². The number of hydrogen-bond acceptors (Lipinski definition) is 6. The van der Waals surface area contributed by atoms with Gasteiger partial charge in [0.2, 0.25) is 0 Å². The van der Waals surface area contributed by atoms with Crippen molar-refractivity contribution in [3.05, 3.63) is 85.1 Å². The van der Waals surface area contributed by atoms with Gasteiger partial charge in [0.05, 0.1) is 0 Å². The fourth-order valence-electron chi connectivity index (χ4n) is 6.97. The molecule has 0 aromatic heterocycles. The molecule has 0 saturated carbocycles. The van der Waals surface area contributed by atoms with Gasteiger partial charge in [-0.2, -0.15) is 0 Å². The summed E-state index contributed by atoms with van der Waals surface area (Å²) < 4.78 is 16.7. The van der Waals surface area contributed by atoms with Crippen molar-refractivity contribution in [1.82, 2.24) is 0 Å². The van der Waals surface area contributed by atoms with Gasteiger partial charge in [0.25, 0.3) is 0 Å². The summed E-state index contributed by atoms with van der Waals surface area (Å²) in [6, 6.07) is 0. The van der Waals surface area contributed by atoms with Crippen LogP contribution in [0.5, 0.6) is 0 Å². The van der Waals surface area contributed by atoms with Gasteiger partial charge in [-0.05, 0) is 96.3 Å². The zero-order valence-corrected chi connectivity index (χ0v) is 41.1. The number of carbonyl (C=O) groups is 3. The Hall–Kier alpha value is -3.41. The minimum atomic E-state index is -0.801. The van der Waals surface area contributed by atoms with Crippen molar-refractivity contribution in [2.24, 2.45) is 0 Å². The van der Waals surface area contributed by atoms with Crippen LogP contribution in [-0.2, 0) is 28.6 Å². The van der Waals surface area contributed by atoms with Crippen LogP contribution in [0.4, 0.5) is 0 Å². The van der Waals surface area contributed by atoms with Crippen molar-refractivity contribution < 1.29 is 28.6 Å². The van der Waals surface area contributed by atoms with Gasteiger partial charge in [0.15, 0.2) is 6.10 Å². The van der Waals surface area contributed by atoms with Gasteiger partial charge in [0.1, 0.15) is 13.2 Å². The Morgan fingerprint density at radius 1 is 0.333 bits per heavy atom. The van der Waals surface area contributed by atoms with Crippen molar-refractivity contribution in [3.63, 3.8) is 0 Å². The second-order valence-electron chi connectivity index (χ2n) is 17.1. The first-order chi connectivity index (χ1) is 31.0. The van der Waals surface area contributed by atoms with Crippen molar-refractivity contribution in [2.45, 2.75) is 245 Å². The molecule has 0 spiro atoms. The van der Waals surface area contributed by atoms with Gasteiger partial charge >= 0.3 is 17.9 Å². The minimum absolute atomic E-state index is 0.0966. The summed E-state index contributed by atoms with van der Waals surface area (Å²) in [5.74, 6) is -0.953. The average molecular weight is 877 g/mol. The van der Waals surface area contributed by atoms with Crippen LogP contribution in [0.25, 0.3) is 0 Å². The lowest BCUT2D eigenvalue weighted by Crippen LogP contribution is -2.30. The molecule has 6 nitrogen and oxygen atoms in total. The topological polar surface area (TPSA) is 78.9 Å². The molecule has 0 bridgehead atoms. The monoisotopic (exact) mass is 877 g/mol. The van der Waals surface area contributed by atoms with Gasteiger partial charge in [-0.3, -0.25) is 14.4 Å². The summed E-state index contributed by atoms with van der Waals surface area (Å²) >= 11 is 0. The van der Waals surface area contributed by atoms with Crippen LogP contribution in [0.2, 0.25) is 0 Å². The quantitative estimate of drug-likeness (QED) is 0.0262. The molecule has 0 N–H and O–H groups in total. The molecule has 0 radical (unpaired) electrons. The number of unbranched alkanes of at least 4 members (excludes halogenated alkanes) is 21. The van der Waals surface area contributed by atoms with E-state index in [1.165, 1.54) is 96.3 Å². The molecule has 0 aromatic rings. The molecule has 0 aliphatic rings. The molecule has 63 heavy (non-hydrogen) atoms. The molecule has 0 rings (SSSR count). The number of carbonyl (C=O) groups excluding carboxylic acids is 3. The molecular weight excluding hydrogens is 781 g/mol. The molecule has 360 valence electrons. The molecule has 0 saturated heterocycles. The Kier molecular flexibility index (Phi) is 48.5. The van der Waals surface area contributed by atoms with Crippen LogP contribution < -0.4 is 0 Å². The number of rotatable bonds is 46. The van der Waals surface area contributed by atoms with E-state index in [2.05, 4.69) is 106 Å². The highest BCUT2D eigenvalue weighted by Gasteiger charge is 2.19. The van der Waals surface area contributed by atoms with Crippen molar-refractivity contribution in [3.8, 4) is 0 Å². The second-order valence-corrected chi connectivity index (χ2v) is 17.1. The van der Waals surface area contributed by atoms with Gasteiger partial charge in [-0.25, -0.2) is 0 Å². The summed E-state index contributed by atoms with van der Waals surface area (Å²) in [6.07, 6.45) is 65.7. The molecular formula is C57H96O6. The van der Waals surface area contributed by atoms with Crippen LogP contribution in [0.1, 0.15) is 239 Å². The smallest absolute Gasteiger partial charge is 0.306 e. The maximum absolute atomic E-state index is 12.8. The van der Waals surface area contributed by atoms with E-state index in [0.29, 0.717) is 19.3 Å². The molecule has 0 aliphatic carbocycles. The Labute approximate surface area is 388 Å². The van der Waals surface area contributed by atoms with Gasteiger partial charge in [-0.1, -0.05) is 209 Å². The van der Waals surface area contributed by atoms with E-state index in [4.69, 9.17) is 14.2 Å². The minimum Gasteiger partial charge on any atom is -0.462 e. The lowest BCUT2D eigenvalue weighted by atomic mass is 10.1. The average Bonchev–Trinajstić information content (AvgIpc) is 3.28. The summed E-state index contributed by atoms with van der Waals surface area (Å²) in [5, 5.41) is 0. The highest BCUT2D eigenvalue weighted by Crippen LogP contribution is 2.14. The van der Waals surface area contributed by atoms with E-state index >= 15 is 0 Å². The first-order valence-electron chi connectivity index (χ1n) is 26.1. The van der Waals surface area contributed by atoms with Crippen molar-refractivity contribution in [1.29, 1.82) is 0 Å². The zero-order chi connectivity index (χ0) is 45.8. The molecule has 0 aliphatic heterocycles. The van der Waals surface area contributed by atoms with Crippen LogP contribution >= 0.6 is 0 Å². The van der Waals surface area contributed by atoms with Gasteiger partial charge < -0.3 is 14.2 Å². The van der Waals surface area contributed by atoms with E-state index in [1.807, 2.05) is 0 Å². The van der Waals surface area contributed by atoms with E-state index in [-0.39, 0.29) is 37.5 Å². The SMILES string of the molecule is CC/C=C\C/C=C\C/C=C\C/C=C\CCCCC(=O)O[C@@H](COC(=O)CCCCCCCC/C=C\C/C=C\C/C=C\CCCCC)COC(=O)CCCCCCCCCCCCC. The standard InChI is InChI=1S/C57H96O6/c1-4-7-10-13-16-19-22-24-26-27-28-29-31-32-35-38-41-44-47-50-56(59)62-53-54(52-61-55(58)49-46-43-40-37-34-21-18-15-12-9-6-3)63-57(60)51-48-45-42-39-36-33-30-25-23-20-17-14-11-8-5-2/h8,11,16-17,19-20,24-26,28-30,36,39,54H,4-7,9-10,12-15,18,21-23,27,31-35,37-38,40-53H2,1-3H3/b11-8-,19-16-,20-17-,26-24-,29-28-,30-25-,39-36-/t54-/m1/s1. The van der Waals surface area contributed by atoms with Crippen LogP contribution in [-0.4, -0.2) is 37.2 Å². The lowest BCUT2D eigenvalue weighted by molar-refractivity contribution is -0.167. The van der Waals surface area contributed by atoms with Gasteiger partial charge in [0, 0.05) is 19.3 Å². The first kappa shape index (κ1) is 59.6. The second kappa shape index (κ2) is 51.2. The molecule has 0 fully saturated rings. The molecule has 0 amide bonds. The molecule has 1 atom stereocenters. The summed E-state index contributed by atoms with van der Waals surface area (Å²) in [6.45, 7) is 6.44. The van der Waals surface area contributed by atoms with Crippen LogP contribution in [0, 0.1) is 0 Å². The molecule has 6 heteroatoms. The fraction of sp³-hybridized carbons (Fsp3) is 0.702. The van der Waals surface area contributed by atoms with Gasteiger partial charge in [-0.15, -0.1) is 0 Å². The highest BCUT2D eigenvalue weighted by molar-refractivity contribution is 5.71. The predicted molar refractivity (Wildman–Crippen MR) is 270 cm³/mol. The Balaban J connectivity index is 4.44. The van der Waals surface area contributed by atoms with E-state index in [0.717, 1.165) is 96.3 Å². The summed E-state index contributed by atoms with van der Waals surface area (Å²) in [7, 11) is 0. The maximum atomic E-state index is 12.8. The molecule has 0 heterocycles. The zero-order valence-electron chi connectivity index (χ0n) is 41.1. The predicted octanol–water partition coefficient (Wildman–Crippen LogP) is 17.2. The maximum Gasteiger partial charge on any atom is 0.306 e. The van der Waals surface area contributed by atoms with E-state index in [1.54, 1.807) is 0 Å². The number of ether oxygens (including phenoxy) is 3. The van der Waals surface area contributed by atoms with Crippen LogP contribution in [0.15, 0.2) is 85.1 Å². The summed E-state index contributed by atoms with van der Waals surface area (Å²) in [5.41, 5.74) is 0. The lowest BCUT2D eigenvalue weighted by Gasteiger charge is -2.18. The Bertz CT molecular complexity index is 1240. The largest absolute Gasteiger partial charge is 0.462 e. The Morgan fingerprint density at radius 3 is 1.03 bits per heavy atom. The third-order valence-corrected chi connectivity index (χ3v) is 10.9. The van der Waals surface area contributed by atoms with Crippen LogP contribution in [0.3, 0.4) is 0 Å². The number of esters is 3. The van der Waals surface area contributed by atoms with Crippen molar-refractivity contribution in [2.75, 3.05) is 13.2 Å². The fourth-order valence-corrected chi connectivity index (χ4v) is 6.97. The Morgan fingerprint density at radius 2 is 0.619 bits per heavy atom. The normalized spacial score (nSPS) is 12.7. The first-order valence-corrected chi connectivity index (χ1v) is 26.1. The van der Waals surface area contributed by atoms with E-state index < -0.39 is 6.10 Å². The highest BCUT2D eigenvalue weighted by atomic mass is 16.6. The third-order valence-electron chi connectivity index (χ3n) is 10.9. The molecule has 0 unspecified atom stereocenters. The molecule has 0 aromatic carbocycles. The summed E-state index contributed by atoms with van der Waals surface area (Å²) in [4.78, 5) is 37.9. The van der Waals surface area contributed by atoms with E-state index in [9.17, 15) is 14.4 Å². The number of allylic oxidation sites excluding steroid dienone is 14. The third kappa shape index (κ3) is 49.5. The number of hydrogen-bond donors (Lipinski definition) is 0.